The predicted molar refractivity (Wildman–Crippen MR) is 150 cm³/mol. The van der Waals surface area contributed by atoms with Crippen molar-refractivity contribution in [2.75, 3.05) is 4.90 Å². The van der Waals surface area contributed by atoms with Crippen molar-refractivity contribution in [3.8, 4) is 17.6 Å². The highest BCUT2D eigenvalue weighted by Crippen LogP contribution is 2.31. The lowest BCUT2D eigenvalue weighted by Crippen LogP contribution is -2.36. The molecule has 0 unspecified atom stereocenters. The van der Waals surface area contributed by atoms with Crippen LogP contribution in [0.25, 0.3) is 0 Å². The number of hydrogen-bond donors (Lipinski definition) is 2. The van der Waals surface area contributed by atoms with Gasteiger partial charge in [-0.25, -0.2) is 4.79 Å². The van der Waals surface area contributed by atoms with E-state index < -0.39 is 5.97 Å². The minimum absolute atomic E-state index is 0.0124. The lowest BCUT2D eigenvalue weighted by atomic mass is 9.88. The molecule has 0 radical (unpaired) electrons. The molecule has 1 amide bonds. The summed E-state index contributed by atoms with van der Waals surface area (Å²) in [5.41, 5.74) is 4.44. The third-order valence-corrected chi connectivity index (χ3v) is 7.16. The second kappa shape index (κ2) is 13.0. The number of anilines is 1. The van der Waals surface area contributed by atoms with Gasteiger partial charge in [0.2, 0.25) is 5.91 Å². The number of rotatable bonds is 8. The zero-order valence-electron chi connectivity index (χ0n) is 22.0. The molecule has 1 aliphatic rings. The largest absolute Gasteiger partial charge is 0.507 e. The zero-order valence-corrected chi connectivity index (χ0v) is 22.0. The minimum Gasteiger partial charge on any atom is -0.507 e. The van der Waals surface area contributed by atoms with E-state index in [1.165, 1.54) is 30.5 Å². The summed E-state index contributed by atoms with van der Waals surface area (Å²) in [6, 6.07) is 20.5. The fourth-order valence-electron chi connectivity index (χ4n) is 4.89. The molecular weight excluding hydrogens is 474 g/mol. The van der Waals surface area contributed by atoms with E-state index in [1.807, 2.05) is 24.3 Å². The Morgan fingerprint density at radius 3 is 2.03 bits per heavy atom. The van der Waals surface area contributed by atoms with Crippen molar-refractivity contribution in [2.24, 2.45) is 5.92 Å². The van der Waals surface area contributed by atoms with E-state index in [1.54, 1.807) is 11.0 Å². The van der Waals surface area contributed by atoms with Crippen molar-refractivity contribution in [3.05, 3.63) is 94.5 Å². The zero-order chi connectivity index (χ0) is 26.9. The van der Waals surface area contributed by atoms with E-state index >= 15 is 0 Å². The van der Waals surface area contributed by atoms with Gasteiger partial charge in [-0.2, -0.15) is 0 Å². The number of nitrogens with zero attached hydrogens (tertiary/aromatic N) is 1. The van der Waals surface area contributed by atoms with E-state index in [0.29, 0.717) is 12.2 Å². The highest BCUT2D eigenvalue weighted by atomic mass is 16.4. The molecule has 0 bridgehead atoms. The number of aromatic hydroxyl groups is 1. The number of carbonyl (C=O) groups is 2. The Balaban J connectivity index is 1.51. The van der Waals surface area contributed by atoms with Crippen molar-refractivity contribution in [1.29, 1.82) is 0 Å². The van der Waals surface area contributed by atoms with Gasteiger partial charge in [-0.1, -0.05) is 68.7 Å². The number of aryl methyl sites for hydroxylation is 1. The van der Waals surface area contributed by atoms with Gasteiger partial charge in [-0.15, -0.1) is 0 Å². The second-order valence-corrected chi connectivity index (χ2v) is 10.0. The van der Waals surface area contributed by atoms with Crippen LogP contribution in [-0.4, -0.2) is 22.1 Å². The Hall–Kier alpha value is -4.04. The summed E-state index contributed by atoms with van der Waals surface area (Å²) in [6.07, 6.45) is 8.37. The molecule has 5 nitrogen and oxygen atoms in total. The van der Waals surface area contributed by atoms with E-state index in [4.69, 9.17) is 0 Å². The fraction of sp³-hybridized carbons (Fsp3) is 0.333. The van der Waals surface area contributed by atoms with Gasteiger partial charge in [-0.05, 0) is 73.2 Å². The number of carboxylic acids is 1. The Morgan fingerprint density at radius 2 is 1.47 bits per heavy atom. The molecule has 0 aliphatic heterocycles. The Bertz CT molecular complexity index is 1310. The molecule has 1 saturated carbocycles. The highest BCUT2D eigenvalue weighted by Gasteiger charge is 2.28. The van der Waals surface area contributed by atoms with Crippen LogP contribution in [0.15, 0.2) is 66.7 Å². The monoisotopic (exact) mass is 509 g/mol. The summed E-state index contributed by atoms with van der Waals surface area (Å²) in [6.45, 7) is 2.52. The van der Waals surface area contributed by atoms with Crippen LogP contribution in [0, 0.1) is 17.8 Å². The summed E-state index contributed by atoms with van der Waals surface area (Å²) in [5.74, 6) is 4.83. The van der Waals surface area contributed by atoms with Gasteiger partial charge in [0.15, 0.2) is 0 Å². The lowest BCUT2D eigenvalue weighted by Gasteiger charge is -2.30. The minimum atomic E-state index is -1.21. The first-order valence-electron chi connectivity index (χ1n) is 13.5. The van der Waals surface area contributed by atoms with E-state index in [2.05, 4.69) is 43.0 Å². The van der Waals surface area contributed by atoms with Crippen molar-refractivity contribution in [1.82, 2.24) is 0 Å². The summed E-state index contributed by atoms with van der Waals surface area (Å²) < 4.78 is 0. The van der Waals surface area contributed by atoms with Gasteiger partial charge in [0.05, 0.1) is 6.54 Å². The normalized spacial score (nSPS) is 13.4. The number of carboxylic acid groups (broad SMARTS) is 1. The molecule has 196 valence electrons. The molecule has 0 heterocycles. The molecule has 2 N–H and O–H groups in total. The van der Waals surface area contributed by atoms with Crippen LogP contribution < -0.4 is 4.90 Å². The molecule has 3 aromatic rings. The van der Waals surface area contributed by atoms with Crippen molar-refractivity contribution < 1.29 is 19.8 Å². The topological polar surface area (TPSA) is 77.8 Å². The lowest BCUT2D eigenvalue weighted by molar-refractivity contribution is -0.123. The van der Waals surface area contributed by atoms with Gasteiger partial charge in [0, 0.05) is 28.8 Å². The van der Waals surface area contributed by atoms with Gasteiger partial charge in [-0.3, -0.25) is 4.79 Å². The first kappa shape index (κ1) is 27.0. The van der Waals surface area contributed by atoms with Gasteiger partial charge in [0.25, 0.3) is 0 Å². The number of unbranched alkanes of at least 4 members (excludes halogenated alkanes) is 1. The maximum atomic E-state index is 13.5. The highest BCUT2D eigenvalue weighted by molar-refractivity contribution is 5.97. The molecule has 0 aromatic heterocycles. The van der Waals surface area contributed by atoms with Crippen molar-refractivity contribution >= 4 is 17.6 Å². The molecule has 1 aliphatic carbocycles. The number of aromatic carboxylic acids is 1. The number of amides is 1. The van der Waals surface area contributed by atoms with E-state index in [9.17, 15) is 19.8 Å². The predicted octanol–water partition coefficient (Wildman–Crippen LogP) is 6.95. The first-order valence-corrected chi connectivity index (χ1v) is 13.5. The third kappa shape index (κ3) is 7.04. The molecule has 0 saturated heterocycles. The van der Waals surface area contributed by atoms with Gasteiger partial charge in [0.1, 0.15) is 11.3 Å². The van der Waals surface area contributed by atoms with Crippen LogP contribution in [0.3, 0.4) is 0 Å². The van der Waals surface area contributed by atoms with Crippen molar-refractivity contribution in [2.45, 2.75) is 64.8 Å². The van der Waals surface area contributed by atoms with Gasteiger partial charge < -0.3 is 15.1 Å². The molecule has 4 rings (SSSR count). The first-order chi connectivity index (χ1) is 18.4. The van der Waals surface area contributed by atoms with Crippen LogP contribution in [-0.2, 0) is 17.8 Å². The Labute approximate surface area is 225 Å². The molecule has 0 spiro atoms. The van der Waals surface area contributed by atoms with E-state index in [-0.39, 0.29) is 23.1 Å². The number of phenols is 1. The maximum absolute atomic E-state index is 13.5. The fourth-order valence-corrected chi connectivity index (χ4v) is 4.89. The summed E-state index contributed by atoms with van der Waals surface area (Å²) in [7, 11) is 0. The number of hydrogen-bond acceptors (Lipinski definition) is 3. The van der Waals surface area contributed by atoms with Gasteiger partial charge >= 0.3 is 5.97 Å². The smallest absolute Gasteiger partial charge is 0.339 e. The molecule has 38 heavy (non-hydrogen) atoms. The second-order valence-electron chi connectivity index (χ2n) is 10.0. The standard InChI is InChI=1S/C33H35NO4/c1-2-3-7-24-10-12-25(13-11-24)14-15-26-16-18-27(19-17-26)23-34(32(36)28-8-5-4-6-9-28)29-20-21-30(33(37)38)31(35)22-29/h10-13,16-22,28,35H,2-9,23H2,1H3,(H,37,38). The molecular formula is C33H35NO4. The summed E-state index contributed by atoms with van der Waals surface area (Å²) >= 11 is 0. The van der Waals surface area contributed by atoms with Crippen LogP contribution >= 0.6 is 0 Å². The number of benzene rings is 3. The average molecular weight is 510 g/mol. The summed E-state index contributed by atoms with van der Waals surface area (Å²) in [4.78, 5) is 26.6. The van der Waals surface area contributed by atoms with Crippen LogP contribution in [0.1, 0.15) is 84.5 Å². The maximum Gasteiger partial charge on any atom is 0.339 e. The molecule has 5 heteroatoms. The van der Waals surface area contributed by atoms with Crippen LogP contribution in [0.2, 0.25) is 0 Å². The van der Waals surface area contributed by atoms with Crippen molar-refractivity contribution in [3.63, 3.8) is 0 Å². The van der Waals surface area contributed by atoms with Crippen LogP contribution in [0.4, 0.5) is 5.69 Å². The third-order valence-electron chi connectivity index (χ3n) is 7.16. The molecule has 3 aromatic carbocycles. The molecule has 0 atom stereocenters. The Kier molecular flexibility index (Phi) is 9.21. The SMILES string of the molecule is CCCCc1ccc(C#Cc2ccc(CN(C(=O)C3CCCCC3)c3ccc(C(=O)O)c(O)c3)cc2)cc1. The van der Waals surface area contributed by atoms with E-state index in [0.717, 1.165) is 55.2 Å². The number of carbonyl (C=O) groups excluding carboxylic acids is 1. The quantitative estimate of drug-likeness (QED) is 0.322. The average Bonchev–Trinajstić information content (AvgIpc) is 2.94. The van der Waals surface area contributed by atoms with Crippen LogP contribution in [0.5, 0.6) is 5.75 Å². The Morgan fingerprint density at radius 1 is 0.868 bits per heavy atom. The molecule has 1 fully saturated rings. The summed E-state index contributed by atoms with van der Waals surface area (Å²) in [5, 5.41) is 19.6.